The number of halogens is 1. The summed E-state index contributed by atoms with van der Waals surface area (Å²) in [7, 11) is 0. The van der Waals surface area contributed by atoms with Crippen LogP contribution in [0.4, 0.5) is 0 Å². The van der Waals surface area contributed by atoms with E-state index >= 15 is 0 Å². The first-order valence-corrected chi connectivity index (χ1v) is 3.44. The van der Waals surface area contributed by atoms with Crippen molar-refractivity contribution >= 4 is 17.6 Å². The molecule has 12 heavy (non-hydrogen) atoms. The first kappa shape index (κ1) is 14.5. The summed E-state index contributed by atoms with van der Waals surface area (Å²) in [5.41, 5.74) is 2.90. The zero-order valence-corrected chi connectivity index (χ0v) is 13.1. The molecule has 1 aliphatic rings. The predicted octanol–water partition coefficient (Wildman–Crippen LogP) is 0.978. The van der Waals surface area contributed by atoms with Crippen molar-refractivity contribution in [2.45, 2.75) is 13.3 Å². The fourth-order valence-corrected chi connectivity index (χ4v) is 0.571. The van der Waals surface area contributed by atoms with Gasteiger partial charge in [-0.2, -0.15) is 0 Å². The van der Waals surface area contributed by atoms with Crippen LogP contribution in [0.3, 0.4) is 0 Å². The maximum Gasteiger partial charge on any atom is 1.00 e. The predicted molar refractivity (Wildman–Crippen MR) is 41.9 cm³/mol. The SMILES string of the molecule is CC(=O)[O-].ClC1=CC=C=CC1.[Hg+]. The molecule has 0 unspecified atom stereocenters. The van der Waals surface area contributed by atoms with Gasteiger partial charge in [-0.05, 0) is 25.2 Å². The smallest absolute Gasteiger partial charge is 0.550 e. The second-order valence-electron chi connectivity index (χ2n) is 1.85. The molecule has 0 heterocycles. The van der Waals surface area contributed by atoms with Gasteiger partial charge in [-0.1, -0.05) is 11.6 Å². The number of rotatable bonds is 0. The molecule has 0 bridgehead atoms. The van der Waals surface area contributed by atoms with E-state index in [1.807, 2.05) is 18.2 Å². The minimum absolute atomic E-state index is 0. The van der Waals surface area contributed by atoms with Crippen molar-refractivity contribution in [3.8, 4) is 0 Å². The van der Waals surface area contributed by atoms with Crippen molar-refractivity contribution in [3.63, 3.8) is 0 Å². The van der Waals surface area contributed by atoms with Crippen LogP contribution in [0.15, 0.2) is 29.0 Å². The summed E-state index contributed by atoms with van der Waals surface area (Å²) in [6.45, 7) is 0.972. The molecular formula is C8H8ClHgO2. The van der Waals surface area contributed by atoms with Crippen LogP contribution in [-0.2, 0) is 32.5 Å². The van der Waals surface area contributed by atoms with Gasteiger partial charge in [-0.15, -0.1) is 5.73 Å². The first-order valence-electron chi connectivity index (χ1n) is 3.06. The van der Waals surface area contributed by atoms with Crippen LogP contribution >= 0.6 is 11.6 Å². The number of carbonyl (C=O) groups excluding carboxylic acids is 1. The summed E-state index contributed by atoms with van der Waals surface area (Å²) in [5.74, 6) is -1.08. The molecule has 2 nitrogen and oxygen atoms in total. The molecular weight excluding hydrogens is 364 g/mol. The summed E-state index contributed by atoms with van der Waals surface area (Å²) < 4.78 is 0. The van der Waals surface area contributed by atoms with Crippen LogP contribution in [0.25, 0.3) is 0 Å². The largest absolute Gasteiger partial charge is 1.00 e. The molecule has 0 fully saturated rings. The monoisotopic (exact) mass is 373 g/mol. The Morgan fingerprint density at radius 3 is 2.42 bits per heavy atom. The van der Waals surface area contributed by atoms with Crippen LogP contribution in [0.1, 0.15) is 13.3 Å². The Morgan fingerprint density at radius 2 is 2.25 bits per heavy atom. The molecule has 0 atom stereocenters. The van der Waals surface area contributed by atoms with Crippen LogP contribution in [0.5, 0.6) is 0 Å². The van der Waals surface area contributed by atoms with Gasteiger partial charge in [0.05, 0.1) is 0 Å². The molecule has 61 valence electrons. The maximum absolute atomic E-state index is 8.89. The van der Waals surface area contributed by atoms with Crippen molar-refractivity contribution in [2.24, 2.45) is 0 Å². The Labute approximate surface area is 97.1 Å². The molecule has 1 radical (unpaired) electrons. The molecule has 0 saturated heterocycles. The topological polar surface area (TPSA) is 40.1 Å². The van der Waals surface area contributed by atoms with E-state index in [0.717, 1.165) is 18.4 Å². The molecule has 0 aromatic heterocycles. The Morgan fingerprint density at radius 1 is 1.75 bits per heavy atom. The maximum atomic E-state index is 8.89. The number of carboxylic acid groups (broad SMARTS) is 1. The summed E-state index contributed by atoms with van der Waals surface area (Å²) in [5, 5.41) is 9.78. The number of aliphatic carboxylic acids is 1. The number of hydrogen-bond acceptors (Lipinski definition) is 2. The van der Waals surface area contributed by atoms with E-state index in [1.165, 1.54) is 0 Å². The minimum Gasteiger partial charge on any atom is -0.550 e. The van der Waals surface area contributed by atoms with E-state index in [0.29, 0.717) is 0 Å². The molecule has 0 aromatic carbocycles. The van der Waals surface area contributed by atoms with Crippen LogP contribution in [0.2, 0.25) is 0 Å². The van der Waals surface area contributed by atoms with Crippen LogP contribution < -0.4 is 5.11 Å². The zero-order valence-electron chi connectivity index (χ0n) is 6.84. The average molecular weight is 372 g/mol. The second-order valence-corrected chi connectivity index (χ2v) is 2.33. The quantitative estimate of drug-likeness (QED) is 0.470. The van der Waals surface area contributed by atoms with Crippen molar-refractivity contribution in [1.29, 1.82) is 0 Å². The molecule has 1 aliphatic carbocycles. The van der Waals surface area contributed by atoms with E-state index in [1.54, 1.807) is 0 Å². The molecule has 0 saturated carbocycles. The molecule has 0 spiro atoms. The molecule has 1 rings (SSSR count). The van der Waals surface area contributed by atoms with Gasteiger partial charge in [0.2, 0.25) is 0 Å². The van der Waals surface area contributed by atoms with Gasteiger partial charge in [-0.25, -0.2) is 0 Å². The van der Waals surface area contributed by atoms with E-state index in [9.17, 15) is 0 Å². The van der Waals surface area contributed by atoms with Crippen LogP contribution in [0, 0.1) is 0 Å². The summed E-state index contributed by atoms with van der Waals surface area (Å²) >= 11 is 5.58. The van der Waals surface area contributed by atoms with Crippen LogP contribution in [-0.4, -0.2) is 5.97 Å². The normalized spacial score (nSPS) is 12.0. The third-order valence-corrected chi connectivity index (χ3v) is 1.06. The summed E-state index contributed by atoms with van der Waals surface area (Å²) in [4.78, 5) is 8.89. The number of carboxylic acids is 1. The van der Waals surface area contributed by atoms with E-state index in [2.05, 4.69) is 5.73 Å². The summed E-state index contributed by atoms with van der Waals surface area (Å²) in [6, 6.07) is 0. The van der Waals surface area contributed by atoms with Gasteiger partial charge < -0.3 is 9.90 Å². The van der Waals surface area contributed by atoms with Gasteiger partial charge >= 0.3 is 27.7 Å². The molecule has 0 aromatic rings. The van der Waals surface area contributed by atoms with Gasteiger partial charge in [0, 0.05) is 17.4 Å². The zero-order chi connectivity index (χ0) is 8.69. The molecule has 4 heteroatoms. The Balaban J connectivity index is 0. The number of hydrogen-bond donors (Lipinski definition) is 0. The fraction of sp³-hybridized carbons (Fsp3) is 0.250. The van der Waals surface area contributed by atoms with Gasteiger partial charge in [0.25, 0.3) is 0 Å². The summed E-state index contributed by atoms with van der Waals surface area (Å²) in [6.07, 6.45) is 6.41. The Bertz CT molecular complexity index is 223. The van der Waals surface area contributed by atoms with E-state index < -0.39 is 5.97 Å². The van der Waals surface area contributed by atoms with Crippen molar-refractivity contribution in [1.82, 2.24) is 0 Å². The fourth-order valence-electron chi connectivity index (χ4n) is 0.431. The van der Waals surface area contributed by atoms with Gasteiger partial charge in [0.1, 0.15) is 0 Å². The standard InChI is InChI=1S/C6H5Cl.C2H4O2.Hg/c7-6-4-2-1-3-5-6;1-2(3)4;/h2-4H,5H2;1H3,(H,3,4);/q;;+1/p-1. The Hall–Kier alpha value is -0.0449. The number of allylic oxidation sites excluding steroid dienone is 3. The number of carbonyl (C=O) groups is 1. The van der Waals surface area contributed by atoms with Crippen molar-refractivity contribution in [3.05, 3.63) is 29.0 Å². The molecule has 0 aliphatic heterocycles. The second kappa shape index (κ2) is 9.05. The minimum atomic E-state index is -1.08. The average Bonchev–Trinajstić information content (AvgIpc) is 1.87. The third-order valence-electron chi connectivity index (χ3n) is 0.775. The van der Waals surface area contributed by atoms with Crippen molar-refractivity contribution in [2.75, 3.05) is 0 Å². The van der Waals surface area contributed by atoms with Gasteiger partial charge in [-0.3, -0.25) is 0 Å². The third kappa shape index (κ3) is 12.6. The van der Waals surface area contributed by atoms with Gasteiger partial charge in [0.15, 0.2) is 0 Å². The first-order chi connectivity index (χ1) is 5.13. The van der Waals surface area contributed by atoms with Crippen molar-refractivity contribution < 1.29 is 37.6 Å². The van der Waals surface area contributed by atoms with E-state index in [-0.39, 0.29) is 27.7 Å². The Kier molecular flexibility index (Phi) is 10.9. The molecule has 0 N–H and O–H groups in total. The molecule has 0 amide bonds. The van der Waals surface area contributed by atoms with E-state index in [4.69, 9.17) is 21.5 Å².